The molecule has 0 aliphatic heterocycles. The Morgan fingerprint density at radius 2 is 1.07 bits per heavy atom. The standard InChI is InChI=1S/C52H37NS/c1-3-14-37-25-26-40(41-21-13-24-50-52(41)42-20-10-11-23-49(42)54-50)33-43(37)51-34(2)15-12-22-48(51)53-46-29-27-38(35-16-6-4-7-17-35)31-44(46)45-32-39(28-30-47(45)53)36-18-8-5-9-19-36/h3-33H,1-2H3/b14-3+. The van der Waals surface area contributed by atoms with Crippen LogP contribution in [0.1, 0.15) is 18.1 Å². The lowest BCUT2D eigenvalue weighted by molar-refractivity contribution is 1.17. The molecule has 256 valence electrons. The lowest BCUT2D eigenvalue weighted by atomic mass is 9.89. The molecule has 0 aliphatic rings. The summed E-state index contributed by atoms with van der Waals surface area (Å²) in [6.45, 7) is 4.36. The van der Waals surface area contributed by atoms with Crippen LogP contribution in [0.3, 0.4) is 0 Å². The predicted molar refractivity (Wildman–Crippen MR) is 235 cm³/mol. The van der Waals surface area contributed by atoms with Gasteiger partial charge in [-0.25, -0.2) is 0 Å². The van der Waals surface area contributed by atoms with Gasteiger partial charge >= 0.3 is 0 Å². The van der Waals surface area contributed by atoms with Gasteiger partial charge in [0.25, 0.3) is 0 Å². The second-order valence-electron chi connectivity index (χ2n) is 14.1. The molecule has 2 heterocycles. The van der Waals surface area contributed by atoms with Crippen LogP contribution in [0.15, 0.2) is 182 Å². The molecule has 2 heteroatoms. The molecule has 0 fully saturated rings. The highest BCUT2D eigenvalue weighted by Crippen LogP contribution is 2.44. The van der Waals surface area contributed by atoms with E-state index in [0.29, 0.717) is 0 Å². The topological polar surface area (TPSA) is 4.93 Å². The Labute approximate surface area is 319 Å². The molecule has 0 saturated heterocycles. The fraction of sp³-hybridized carbons (Fsp3) is 0.0385. The minimum atomic E-state index is 1.18. The van der Waals surface area contributed by atoms with E-state index in [1.54, 1.807) is 0 Å². The molecule has 0 amide bonds. The first-order valence-electron chi connectivity index (χ1n) is 18.6. The summed E-state index contributed by atoms with van der Waals surface area (Å²) >= 11 is 1.87. The zero-order chi connectivity index (χ0) is 36.2. The van der Waals surface area contributed by atoms with E-state index in [2.05, 4.69) is 206 Å². The minimum Gasteiger partial charge on any atom is -0.309 e. The Morgan fingerprint density at radius 3 is 1.76 bits per heavy atom. The molecular formula is C52H37NS. The highest BCUT2D eigenvalue weighted by molar-refractivity contribution is 7.25. The van der Waals surface area contributed by atoms with Crippen molar-refractivity contribution in [3.8, 4) is 50.2 Å². The van der Waals surface area contributed by atoms with E-state index >= 15 is 0 Å². The maximum absolute atomic E-state index is 2.50. The molecule has 0 unspecified atom stereocenters. The van der Waals surface area contributed by atoms with Gasteiger partial charge in [-0.15, -0.1) is 11.3 Å². The molecule has 8 aromatic carbocycles. The second-order valence-corrected chi connectivity index (χ2v) is 15.2. The van der Waals surface area contributed by atoms with Crippen LogP contribution in [0.5, 0.6) is 0 Å². The van der Waals surface area contributed by atoms with Crippen molar-refractivity contribution in [2.75, 3.05) is 0 Å². The average molecular weight is 708 g/mol. The third kappa shape index (κ3) is 5.30. The molecule has 10 rings (SSSR count). The smallest absolute Gasteiger partial charge is 0.0543 e. The highest BCUT2D eigenvalue weighted by Gasteiger charge is 2.21. The van der Waals surface area contributed by atoms with E-state index in [9.17, 15) is 0 Å². The molecule has 0 bridgehead atoms. The quantitative estimate of drug-likeness (QED) is 0.162. The van der Waals surface area contributed by atoms with E-state index in [1.165, 1.54) is 103 Å². The Bertz CT molecular complexity index is 2950. The number of hydrogen-bond acceptors (Lipinski definition) is 1. The van der Waals surface area contributed by atoms with E-state index in [1.807, 2.05) is 11.3 Å². The van der Waals surface area contributed by atoms with Crippen molar-refractivity contribution in [2.24, 2.45) is 0 Å². The highest BCUT2D eigenvalue weighted by atomic mass is 32.1. The van der Waals surface area contributed by atoms with Gasteiger partial charge in [0.2, 0.25) is 0 Å². The number of aromatic nitrogens is 1. The maximum atomic E-state index is 2.50. The predicted octanol–water partition coefficient (Wildman–Crippen LogP) is 15.2. The maximum Gasteiger partial charge on any atom is 0.0543 e. The Morgan fingerprint density at radius 1 is 0.463 bits per heavy atom. The van der Waals surface area contributed by atoms with Crippen molar-refractivity contribution >= 4 is 59.4 Å². The summed E-state index contributed by atoms with van der Waals surface area (Å²) in [5.74, 6) is 0. The van der Waals surface area contributed by atoms with E-state index in [-0.39, 0.29) is 0 Å². The van der Waals surface area contributed by atoms with Gasteiger partial charge in [-0.2, -0.15) is 0 Å². The van der Waals surface area contributed by atoms with Gasteiger partial charge in [0.05, 0.1) is 16.7 Å². The lowest BCUT2D eigenvalue weighted by Crippen LogP contribution is -2.00. The Hall–Kier alpha value is -6.48. The van der Waals surface area contributed by atoms with Gasteiger partial charge < -0.3 is 4.57 Å². The molecule has 0 spiro atoms. The molecule has 2 aromatic heterocycles. The summed E-state index contributed by atoms with van der Waals surface area (Å²) < 4.78 is 5.14. The van der Waals surface area contributed by atoms with Crippen molar-refractivity contribution < 1.29 is 0 Å². The number of aryl methyl sites for hydroxylation is 1. The van der Waals surface area contributed by atoms with Gasteiger partial charge in [0.15, 0.2) is 0 Å². The fourth-order valence-corrected chi connectivity index (χ4v) is 9.50. The number of allylic oxidation sites excluding steroid dienone is 1. The van der Waals surface area contributed by atoms with Gasteiger partial charge in [0, 0.05) is 36.5 Å². The van der Waals surface area contributed by atoms with Crippen LogP contribution in [0, 0.1) is 6.92 Å². The number of rotatable bonds is 6. The van der Waals surface area contributed by atoms with Crippen LogP contribution in [-0.4, -0.2) is 4.57 Å². The van der Waals surface area contributed by atoms with E-state index in [0.717, 1.165) is 0 Å². The van der Waals surface area contributed by atoms with Crippen LogP contribution in [0.25, 0.3) is 98.2 Å². The summed E-state index contributed by atoms with van der Waals surface area (Å²) in [4.78, 5) is 0. The fourth-order valence-electron chi connectivity index (χ4n) is 8.37. The minimum absolute atomic E-state index is 1.18. The molecule has 1 nitrogen and oxygen atoms in total. The van der Waals surface area contributed by atoms with Gasteiger partial charge in [0.1, 0.15) is 0 Å². The first kappa shape index (κ1) is 32.2. The first-order valence-corrected chi connectivity index (χ1v) is 19.4. The van der Waals surface area contributed by atoms with Crippen molar-refractivity contribution in [3.05, 3.63) is 193 Å². The van der Waals surface area contributed by atoms with Crippen molar-refractivity contribution in [3.63, 3.8) is 0 Å². The molecule has 0 saturated carbocycles. The zero-order valence-corrected chi connectivity index (χ0v) is 31.1. The first-order chi connectivity index (χ1) is 26.7. The van der Waals surface area contributed by atoms with Crippen LogP contribution < -0.4 is 0 Å². The molecule has 10 aromatic rings. The molecule has 54 heavy (non-hydrogen) atoms. The second kappa shape index (κ2) is 13.2. The van der Waals surface area contributed by atoms with Crippen molar-refractivity contribution in [1.29, 1.82) is 0 Å². The normalized spacial score (nSPS) is 11.8. The molecule has 0 aliphatic carbocycles. The van der Waals surface area contributed by atoms with Crippen LogP contribution in [0.2, 0.25) is 0 Å². The molecule has 0 N–H and O–H groups in total. The number of benzene rings is 8. The number of fused-ring (bicyclic) bond motifs is 6. The lowest BCUT2D eigenvalue weighted by Gasteiger charge is -2.19. The van der Waals surface area contributed by atoms with Gasteiger partial charge in [-0.05, 0) is 112 Å². The van der Waals surface area contributed by atoms with Crippen LogP contribution in [-0.2, 0) is 0 Å². The van der Waals surface area contributed by atoms with Crippen LogP contribution in [0.4, 0.5) is 0 Å². The van der Waals surface area contributed by atoms with Gasteiger partial charge in [-0.1, -0.05) is 140 Å². The number of nitrogens with zero attached hydrogens (tertiary/aromatic N) is 1. The Kier molecular flexibility index (Phi) is 7.86. The molecule has 0 radical (unpaired) electrons. The zero-order valence-electron chi connectivity index (χ0n) is 30.3. The summed E-state index contributed by atoms with van der Waals surface area (Å²) in [6, 6.07) is 64.7. The van der Waals surface area contributed by atoms with Gasteiger partial charge in [-0.3, -0.25) is 0 Å². The van der Waals surface area contributed by atoms with Crippen molar-refractivity contribution in [2.45, 2.75) is 13.8 Å². The van der Waals surface area contributed by atoms with Crippen LogP contribution >= 0.6 is 11.3 Å². The molecular weight excluding hydrogens is 671 g/mol. The average Bonchev–Trinajstić information content (AvgIpc) is 3.77. The summed E-state index contributed by atoms with van der Waals surface area (Å²) in [5, 5.41) is 5.14. The summed E-state index contributed by atoms with van der Waals surface area (Å²) in [6.07, 6.45) is 4.40. The summed E-state index contributed by atoms with van der Waals surface area (Å²) in [7, 11) is 0. The van der Waals surface area contributed by atoms with E-state index in [4.69, 9.17) is 0 Å². The SMILES string of the molecule is C/C=C/c1ccc(-c2cccc3sc4ccccc4c23)cc1-c1c(C)cccc1-n1c2ccc(-c3ccccc3)cc2c2cc(-c3ccccc3)ccc21. The largest absolute Gasteiger partial charge is 0.309 e. The Balaban J connectivity index is 1.25. The van der Waals surface area contributed by atoms with Crippen molar-refractivity contribution in [1.82, 2.24) is 4.57 Å². The molecule has 0 atom stereocenters. The summed E-state index contributed by atoms with van der Waals surface area (Å²) in [5.41, 5.74) is 15.9. The number of thiophene rings is 1. The number of hydrogen-bond donors (Lipinski definition) is 0. The van der Waals surface area contributed by atoms with E-state index < -0.39 is 0 Å². The third-order valence-electron chi connectivity index (χ3n) is 10.9. The monoisotopic (exact) mass is 707 g/mol. The third-order valence-corrected chi connectivity index (χ3v) is 12.0.